The van der Waals surface area contributed by atoms with E-state index in [1.165, 1.54) is 17.0 Å². The summed E-state index contributed by atoms with van der Waals surface area (Å²) < 4.78 is 13.4. The van der Waals surface area contributed by atoms with Crippen molar-refractivity contribution < 1.29 is 4.39 Å². The summed E-state index contributed by atoms with van der Waals surface area (Å²) >= 11 is 1.61. The SMILES string of the molecule is CCc1cc2c(N)nc(-c3cc(F)ccc3C)nc2s1. The number of nitrogen functional groups attached to an aromatic ring is 1. The number of hydrogen-bond donors (Lipinski definition) is 1. The maximum atomic E-state index is 13.4. The number of fused-ring (bicyclic) bond motifs is 1. The Morgan fingerprint density at radius 3 is 2.80 bits per heavy atom. The monoisotopic (exact) mass is 287 g/mol. The van der Waals surface area contributed by atoms with E-state index in [1.54, 1.807) is 17.4 Å². The molecule has 0 bridgehead atoms. The fraction of sp³-hybridized carbons (Fsp3) is 0.200. The molecule has 2 aromatic heterocycles. The first-order valence-corrected chi connectivity index (χ1v) is 7.22. The summed E-state index contributed by atoms with van der Waals surface area (Å²) in [6.07, 6.45) is 0.939. The van der Waals surface area contributed by atoms with E-state index in [2.05, 4.69) is 16.9 Å². The van der Waals surface area contributed by atoms with Crippen molar-refractivity contribution in [1.29, 1.82) is 0 Å². The minimum absolute atomic E-state index is 0.298. The Morgan fingerprint density at radius 2 is 2.05 bits per heavy atom. The average molecular weight is 287 g/mol. The van der Waals surface area contributed by atoms with Gasteiger partial charge in [0.1, 0.15) is 16.5 Å². The highest BCUT2D eigenvalue weighted by molar-refractivity contribution is 7.18. The molecule has 3 rings (SSSR count). The van der Waals surface area contributed by atoms with Gasteiger partial charge in [-0.3, -0.25) is 0 Å². The third-order valence-electron chi connectivity index (χ3n) is 3.26. The lowest BCUT2D eigenvalue weighted by molar-refractivity contribution is 0.628. The van der Waals surface area contributed by atoms with Gasteiger partial charge in [0.15, 0.2) is 5.82 Å². The first-order chi connectivity index (χ1) is 9.58. The maximum absolute atomic E-state index is 13.4. The summed E-state index contributed by atoms with van der Waals surface area (Å²) in [6, 6.07) is 6.63. The van der Waals surface area contributed by atoms with E-state index < -0.39 is 0 Å². The molecule has 0 saturated heterocycles. The lowest BCUT2D eigenvalue weighted by atomic mass is 10.1. The van der Waals surface area contributed by atoms with Crippen molar-refractivity contribution in [1.82, 2.24) is 9.97 Å². The molecule has 102 valence electrons. The van der Waals surface area contributed by atoms with Gasteiger partial charge in [0, 0.05) is 10.4 Å². The van der Waals surface area contributed by atoms with Crippen LogP contribution in [0.3, 0.4) is 0 Å². The molecule has 0 spiro atoms. The largest absolute Gasteiger partial charge is 0.383 e. The van der Waals surface area contributed by atoms with Crippen LogP contribution in [-0.4, -0.2) is 9.97 Å². The van der Waals surface area contributed by atoms with Crippen LogP contribution in [-0.2, 0) is 6.42 Å². The first-order valence-electron chi connectivity index (χ1n) is 6.41. The van der Waals surface area contributed by atoms with E-state index in [9.17, 15) is 4.39 Å². The van der Waals surface area contributed by atoms with Crippen LogP contribution in [0.2, 0.25) is 0 Å². The molecule has 3 nitrogen and oxygen atoms in total. The van der Waals surface area contributed by atoms with Crippen LogP contribution in [0.5, 0.6) is 0 Å². The van der Waals surface area contributed by atoms with Gasteiger partial charge in [-0.1, -0.05) is 13.0 Å². The normalized spacial score (nSPS) is 11.2. The molecule has 2 N–H and O–H groups in total. The highest BCUT2D eigenvalue weighted by Crippen LogP contribution is 2.31. The van der Waals surface area contributed by atoms with Gasteiger partial charge in [-0.15, -0.1) is 11.3 Å². The fourth-order valence-corrected chi connectivity index (χ4v) is 3.10. The van der Waals surface area contributed by atoms with Crippen molar-refractivity contribution in [3.05, 3.63) is 40.5 Å². The molecule has 0 unspecified atom stereocenters. The van der Waals surface area contributed by atoms with Crippen LogP contribution in [0.4, 0.5) is 10.2 Å². The van der Waals surface area contributed by atoms with Gasteiger partial charge in [0.05, 0.1) is 5.39 Å². The summed E-state index contributed by atoms with van der Waals surface area (Å²) in [5, 5.41) is 0.879. The number of halogens is 1. The molecule has 2 heterocycles. The van der Waals surface area contributed by atoms with Crippen molar-refractivity contribution in [3.63, 3.8) is 0 Å². The number of anilines is 1. The van der Waals surface area contributed by atoms with Gasteiger partial charge in [-0.05, 0) is 37.1 Å². The van der Waals surface area contributed by atoms with Crippen molar-refractivity contribution in [2.75, 3.05) is 5.73 Å². The Kier molecular flexibility index (Phi) is 3.14. The Labute approximate surface area is 120 Å². The van der Waals surface area contributed by atoms with Crippen molar-refractivity contribution in [2.24, 2.45) is 0 Å². The van der Waals surface area contributed by atoms with E-state index in [1.807, 2.05) is 13.0 Å². The number of thiophene rings is 1. The van der Waals surface area contributed by atoms with Crippen LogP contribution >= 0.6 is 11.3 Å². The van der Waals surface area contributed by atoms with Crippen molar-refractivity contribution in [3.8, 4) is 11.4 Å². The zero-order valence-electron chi connectivity index (χ0n) is 11.3. The minimum Gasteiger partial charge on any atom is -0.383 e. The third-order valence-corrected chi connectivity index (χ3v) is 4.44. The number of nitrogens with zero attached hydrogens (tertiary/aromatic N) is 2. The summed E-state index contributed by atoms with van der Waals surface area (Å²) in [5.41, 5.74) is 7.63. The molecular formula is C15H14FN3S. The molecule has 0 saturated carbocycles. The van der Waals surface area contributed by atoms with Gasteiger partial charge in [0.2, 0.25) is 0 Å². The zero-order valence-corrected chi connectivity index (χ0v) is 12.1. The van der Waals surface area contributed by atoms with Gasteiger partial charge < -0.3 is 5.73 Å². The number of nitrogens with two attached hydrogens (primary N) is 1. The van der Waals surface area contributed by atoms with E-state index in [-0.39, 0.29) is 5.82 Å². The Balaban J connectivity index is 2.24. The van der Waals surface area contributed by atoms with E-state index >= 15 is 0 Å². The molecule has 0 amide bonds. The van der Waals surface area contributed by atoms with E-state index in [0.29, 0.717) is 17.2 Å². The lowest BCUT2D eigenvalue weighted by Crippen LogP contribution is -1.97. The second-order valence-electron chi connectivity index (χ2n) is 4.68. The summed E-state index contributed by atoms with van der Waals surface area (Å²) in [7, 11) is 0. The highest BCUT2D eigenvalue weighted by Gasteiger charge is 2.12. The third kappa shape index (κ3) is 2.14. The van der Waals surface area contributed by atoms with Crippen LogP contribution in [0, 0.1) is 12.7 Å². The molecule has 5 heteroatoms. The predicted octanol–water partition coefficient (Wildman–Crippen LogP) is 3.95. The molecular weight excluding hydrogens is 273 g/mol. The molecule has 0 radical (unpaired) electrons. The van der Waals surface area contributed by atoms with Gasteiger partial charge in [-0.25, -0.2) is 14.4 Å². The van der Waals surface area contributed by atoms with E-state index in [0.717, 1.165) is 22.2 Å². The topological polar surface area (TPSA) is 51.8 Å². The molecule has 0 aliphatic carbocycles. The van der Waals surface area contributed by atoms with Crippen LogP contribution < -0.4 is 5.73 Å². The fourth-order valence-electron chi connectivity index (χ4n) is 2.12. The Morgan fingerprint density at radius 1 is 1.25 bits per heavy atom. The number of rotatable bonds is 2. The molecule has 1 aromatic carbocycles. The van der Waals surface area contributed by atoms with E-state index in [4.69, 9.17) is 5.73 Å². The predicted molar refractivity (Wildman–Crippen MR) is 81.3 cm³/mol. The number of aryl methyl sites for hydroxylation is 2. The zero-order chi connectivity index (χ0) is 14.3. The van der Waals surface area contributed by atoms with Crippen molar-refractivity contribution in [2.45, 2.75) is 20.3 Å². The van der Waals surface area contributed by atoms with Crippen molar-refractivity contribution >= 4 is 27.4 Å². The Bertz CT molecular complexity index is 795. The molecule has 0 fully saturated rings. The molecule has 20 heavy (non-hydrogen) atoms. The highest BCUT2D eigenvalue weighted by atomic mass is 32.1. The van der Waals surface area contributed by atoms with Gasteiger partial charge in [0.25, 0.3) is 0 Å². The summed E-state index contributed by atoms with van der Waals surface area (Å²) in [5.74, 6) is 0.634. The second kappa shape index (κ2) is 4.83. The smallest absolute Gasteiger partial charge is 0.163 e. The number of benzene rings is 1. The Hall–Kier alpha value is -2.01. The first kappa shape index (κ1) is 13.0. The van der Waals surface area contributed by atoms with Gasteiger partial charge >= 0.3 is 0 Å². The molecule has 3 aromatic rings. The summed E-state index contributed by atoms with van der Waals surface area (Å²) in [4.78, 5) is 10.9. The number of aromatic nitrogens is 2. The minimum atomic E-state index is -0.298. The van der Waals surface area contributed by atoms with Crippen LogP contribution in [0.1, 0.15) is 17.4 Å². The molecule has 0 aliphatic rings. The standard InChI is InChI=1S/C15H14FN3S/c1-3-10-7-12-13(17)18-14(19-15(12)20-10)11-6-9(16)5-4-8(11)2/h4-7H,3H2,1-2H3,(H2,17,18,19). The average Bonchev–Trinajstić information content (AvgIpc) is 2.85. The number of hydrogen-bond acceptors (Lipinski definition) is 4. The molecule has 0 atom stereocenters. The molecule has 0 aliphatic heterocycles. The lowest BCUT2D eigenvalue weighted by Gasteiger charge is -2.06. The van der Waals surface area contributed by atoms with Crippen LogP contribution in [0.25, 0.3) is 21.6 Å². The second-order valence-corrected chi connectivity index (χ2v) is 5.79. The summed E-state index contributed by atoms with van der Waals surface area (Å²) in [6.45, 7) is 4.00. The van der Waals surface area contributed by atoms with Crippen LogP contribution in [0.15, 0.2) is 24.3 Å². The maximum Gasteiger partial charge on any atom is 0.163 e. The quantitative estimate of drug-likeness (QED) is 0.776. The van der Waals surface area contributed by atoms with Gasteiger partial charge in [-0.2, -0.15) is 0 Å².